The summed E-state index contributed by atoms with van der Waals surface area (Å²) in [5.41, 5.74) is 4.54. The Kier molecular flexibility index (Phi) is 5.82. The fraction of sp³-hybridized carbons (Fsp3) is 0.107. The topological polar surface area (TPSA) is 63.5 Å². The molecule has 1 amide bonds. The van der Waals surface area contributed by atoms with E-state index in [9.17, 15) is 9.59 Å². The van der Waals surface area contributed by atoms with E-state index in [1.54, 1.807) is 4.57 Å². The number of fused-ring (bicyclic) bond motifs is 1. The van der Waals surface area contributed by atoms with Crippen molar-refractivity contribution in [3.05, 3.63) is 133 Å². The summed E-state index contributed by atoms with van der Waals surface area (Å²) in [4.78, 5) is 32.4. The zero-order valence-electron chi connectivity index (χ0n) is 18.9. The van der Waals surface area contributed by atoms with Gasteiger partial charge in [0.1, 0.15) is 0 Å². The fourth-order valence-corrected chi connectivity index (χ4v) is 5.24. The molecule has 5 nitrogen and oxygen atoms in total. The second-order valence-corrected chi connectivity index (χ2v) is 9.24. The predicted molar refractivity (Wildman–Crippen MR) is 136 cm³/mol. The van der Waals surface area contributed by atoms with E-state index in [0.717, 1.165) is 16.7 Å². The van der Waals surface area contributed by atoms with Gasteiger partial charge in [-0.1, -0.05) is 89.7 Å². The van der Waals surface area contributed by atoms with Crippen LogP contribution in [0, 0.1) is 6.92 Å². The van der Waals surface area contributed by atoms with Crippen molar-refractivity contribution in [2.45, 2.75) is 19.9 Å². The Hall–Kier alpha value is -4.03. The molecule has 0 spiro atoms. The minimum Gasteiger partial charge on any atom is -0.322 e. The highest BCUT2D eigenvalue weighted by Crippen LogP contribution is 2.30. The van der Waals surface area contributed by atoms with Gasteiger partial charge in [-0.3, -0.25) is 14.2 Å². The van der Waals surface area contributed by atoms with Gasteiger partial charge in [-0.15, -0.1) is 0 Å². The van der Waals surface area contributed by atoms with Crippen molar-refractivity contribution in [1.82, 2.24) is 4.57 Å². The number of para-hydroxylation sites is 1. The molecule has 2 heterocycles. The standard InChI is InChI=1S/C28H23N3O2S/c1-18-10-9-11-20(16-18)17-23-27(33)31-25(21-12-5-3-6-13-21)24(19(2)29-28(31)34-23)26(32)30-22-14-7-4-8-15-22/h3-17,25H,1-2H3,(H,30,32). The normalized spacial score (nSPS) is 15.6. The highest BCUT2D eigenvalue weighted by molar-refractivity contribution is 7.07. The highest BCUT2D eigenvalue weighted by atomic mass is 32.1. The first-order valence-electron chi connectivity index (χ1n) is 11.0. The molecule has 0 bridgehead atoms. The Balaban J connectivity index is 1.67. The summed E-state index contributed by atoms with van der Waals surface area (Å²) in [5.74, 6) is -0.269. The highest BCUT2D eigenvalue weighted by Gasteiger charge is 2.32. The SMILES string of the molecule is CC1=C(C(=O)Nc2ccccc2)C(c2ccccc2)n2c(sc(=Cc3cccc(C)c3)c2=O)=N1. The van der Waals surface area contributed by atoms with Crippen molar-refractivity contribution in [2.75, 3.05) is 5.32 Å². The Morgan fingerprint density at radius 2 is 1.68 bits per heavy atom. The van der Waals surface area contributed by atoms with Crippen molar-refractivity contribution in [1.29, 1.82) is 0 Å². The lowest BCUT2D eigenvalue weighted by atomic mass is 9.95. The molecule has 168 valence electrons. The van der Waals surface area contributed by atoms with Crippen LogP contribution in [0.2, 0.25) is 0 Å². The molecule has 1 aliphatic rings. The Labute approximate surface area is 201 Å². The lowest BCUT2D eigenvalue weighted by Gasteiger charge is -2.25. The van der Waals surface area contributed by atoms with E-state index in [4.69, 9.17) is 0 Å². The summed E-state index contributed by atoms with van der Waals surface area (Å²) in [6.07, 6.45) is 1.89. The van der Waals surface area contributed by atoms with Gasteiger partial charge in [0, 0.05) is 5.69 Å². The van der Waals surface area contributed by atoms with Crippen LogP contribution in [0.1, 0.15) is 29.7 Å². The van der Waals surface area contributed by atoms with Gasteiger partial charge in [-0.2, -0.15) is 0 Å². The summed E-state index contributed by atoms with van der Waals surface area (Å²) in [7, 11) is 0. The lowest BCUT2D eigenvalue weighted by molar-refractivity contribution is -0.113. The number of benzene rings is 3. The van der Waals surface area contributed by atoms with Crippen LogP contribution in [-0.4, -0.2) is 10.5 Å². The van der Waals surface area contributed by atoms with Gasteiger partial charge in [0.05, 0.1) is 21.8 Å². The molecule has 1 N–H and O–H groups in total. The van der Waals surface area contributed by atoms with Gasteiger partial charge in [0.25, 0.3) is 11.5 Å². The Morgan fingerprint density at radius 1 is 0.971 bits per heavy atom. The number of nitrogens with zero attached hydrogens (tertiary/aromatic N) is 2. The molecule has 1 unspecified atom stereocenters. The number of nitrogens with one attached hydrogen (secondary N) is 1. The second-order valence-electron chi connectivity index (χ2n) is 8.23. The van der Waals surface area contributed by atoms with Gasteiger partial charge in [-0.05, 0) is 43.2 Å². The third-order valence-electron chi connectivity index (χ3n) is 5.75. The maximum atomic E-state index is 13.6. The van der Waals surface area contributed by atoms with Crippen LogP contribution < -0.4 is 20.2 Å². The molecule has 5 rings (SSSR count). The Morgan fingerprint density at radius 3 is 2.38 bits per heavy atom. The number of carbonyl (C=O) groups is 1. The minimum atomic E-state index is -0.569. The third-order valence-corrected chi connectivity index (χ3v) is 6.74. The van der Waals surface area contributed by atoms with E-state index < -0.39 is 6.04 Å². The van der Waals surface area contributed by atoms with Crippen LogP contribution in [0.4, 0.5) is 5.69 Å². The summed E-state index contributed by atoms with van der Waals surface area (Å²) in [5, 5.41) is 2.97. The zero-order chi connectivity index (χ0) is 23.7. The average Bonchev–Trinajstić information content (AvgIpc) is 3.13. The molecule has 0 saturated carbocycles. The molecule has 34 heavy (non-hydrogen) atoms. The molecule has 4 aromatic rings. The lowest BCUT2D eigenvalue weighted by Crippen LogP contribution is -2.40. The van der Waals surface area contributed by atoms with E-state index in [-0.39, 0.29) is 11.5 Å². The molecule has 0 saturated heterocycles. The smallest absolute Gasteiger partial charge is 0.271 e. The van der Waals surface area contributed by atoms with Crippen molar-refractivity contribution in [3.63, 3.8) is 0 Å². The number of hydrogen-bond donors (Lipinski definition) is 1. The molecular weight excluding hydrogens is 442 g/mol. The summed E-state index contributed by atoms with van der Waals surface area (Å²) in [6, 6.07) is 26.4. The van der Waals surface area contributed by atoms with Gasteiger partial charge >= 0.3 is 0 Å². The predicted octanol–water partition coefficient (Wildman–Crippen LogP) is 4.18. The number of aromatic nitrogens is 1. The molecule has 0 aliphatic carbocycles. The summed E-state index contributed by atoms with van der Waals surface area (Å²) >= 11 is 1.34. The number of amides is 1. The number of rotatable bonds is 4. The molecule has 0 fully saturated rings. The van der Waals surface area contributed by atoms with Crippen LogP contribution >= 0.6 is 11.3 Å². The second kappa shape index (κ2) is 9.08. The quantitative estimate of drug-likeness (QED) is 0.491. The van der Waals surface area contributed by atoms with Crippen molar-refractivity contribution < 1.29 is 4.79 Å². The molecule has 6 heteroatoms. The van der Waals surface area contributed by atoms with Crippen LogP contribution in [0.3, 0.4) is 0 Å². The number of thiazole rings is 1. The van der Waals surface area contributed by atoms with E-state index in [1.807, 2.05) is 105 Å². The van der Waals surface area contributed by atoms with Crippen LogP contribution in [0.5, 0.6) is 0 Å². The Bertz CT molecular complexity index is 1580. The number of aryl methyl sites for hydroxylation is 1. The van der Waals surface area contributed by atoms with Gasteiger partial charge in [0.15, 0.2) is 4.80 Å². The monoisotopic (exact) mass is 465 g/mol. The van der Waals surface area contributed by atoms with Gasteiger partial charge in [-0.25, -0.2) is 4.99 Å². The average molecular weight is 466 g/mol. The molecule has 0 radical (unpaired) electrons. The zero-order valence-corrected chi connectivity index (χ0v) is 19.7. The summed E-state index contributed by atoms with van der Waals surface area (Å²) < 4.78 is 2.23. The molecular formula is C28H23N3O2S. The fourth-order valence-electron chi connectivity index (χ4n) is 4.19. The first-order valence-corrected chi connectivity index (χ1v) is 11.8. The molecule has 1 atom stereocenters. The molecule has 3 aromatic carbocycles. The van der Waals surface area contributed by atoms with E-state index in [1.165, 1.54) is 11.3 Å². The van der Waals surface area contributed by atoms with E-state index in [0.29, 0.717) is 26.3 Å². The third kappa shape index (κ3) is 4.16. The van der Waals surface area contributed by atoms with Crippen LogP contribution in [0.25, 0.3) is 6.08 Å². The molecule has 1 aliphatic heterocycles. The van der Waals surface area contributed by atoms with E-state index in [2.05, 4.69) is 10.3 Å². The van der Waals surface area contributed by atoms with Crippen LogP contribution in [0.15, 0.2) is 106 Å². The van der Waals surface area contributed by atoms with Gasteiger partial charge < -0.3 is 5.32 Å². The van der Waals surface area contributed by atoms with Gasteiger partial charge in [0.2, 0.25) is 0 Å². The molecule has 1 aromatic heterocycles. The maximum absolute atomic E-state index is 13.6. The van der Waals surface area contributed by atoms with Crippen molar-refractivity contribution in [3.8, 4) is 0 Å². The minimum absolute atomic E-state index is 0.156. The maximum Gasteiger partial charge on any atom is 0.271 e. The largest absolute Gasteiger partial charge is 0.322 e. The summed E-state index contributed by atoms with van der Waals surface area (Å²) in [6.45, 7) is 3.85. The van der Waals surface area contributed by atoms with Crippen molar-refractivity contribution in [2.24, 2.45) is 4.99 Å². The van der Waals surface area contributed by atoms with E-state index >= 15 is 0 Å². The number of anilines is 1. The number of carbonyl (C=O) groups excluding carboxylic acids is 1. The first kappa shape index (κ1) is 21.8. The number of hydrogen-bond acceptors (Lipinski definition) is 4. The van der Waals surface area contributed by atoms with Crippen molar-refractivity contribution >= 4 is 29.0 Å². The van der Waals surface area contributed by atoms with Crippen LogP contribution in [-0.2, 0) is 4.79 Å². The number of allylic oxidation sites excluding steroid dienone is 1. The first-order chi connectivity index (χ1) is 16.5.